The molecule has 3 heterocycles. The van der Waals surface area contributed by atoms with Crippen molar-refractivity contribution in [1.29, 1.82) is 0 Å². The van der Waals surface area contributed by atoms with Gasteiger partial charge in [-0.25, -0.2) is 9.36 Å². The number of aromatic nitrogens is 2. The fraction of sp³-hybridized carbons (Fsp3) is 0.703. The Labute approximate surface area is 265 Å². The van der Waals surface area contributed by atoms with E-state index in [0.29, 0.717) is 29.0 Å². The predicted octanol–water partition coefficient (Wildman–Crippen LogP) is 6.43. The summed E-state index contributed by atoms with van der Waals surface area (Å²) in [6.45, 7) is 7.50. The lowest BCUT2D eigenvalue weighted by molar-refractivity contribution is -0.212. The summed E-state index contributed by atoms with van der Waals surface area (Å²) in [7, 11) is 1.64. The summed E-state index contributed by atoms with van der Waals surface area (Å²) >= 11 is 0. The van der Waals surface area contributed by atoms with Crippen LogP contribution < -0.4 is 11.1 Å². The van der Waals surface area contributed by atoms with Crippen LogP contribution in [0.15, 0.2) is 46.0 Å². The molecule has 2 aromatic rings. The zero-order valence-corrected chi connectivity index (χ0v) is 27.4. The molecule has 2 aliphatic heterocycles. The first-order valence-corrected chi connectivity index (χ1v) is 17.4. The number of rotatable bonds is 10. The second-order valence-electron chi connectivity index (χ2n) is 15.6. The molecule has 1 aromatic carbocycles. The summed E-state index contributed by atoms with van der Waals surface area (Å²) < 4.78 is 15.4. The number of hydrogen-bond donors (Lipinski definition) is 1. The number of carboxylic acids is 1. The number of ether oxygens (including phenoxy) is 2. The van der Waals surface area contributed by atoms with Gasteiger partial charge in [-0.3, -0.25) is 14.4 Å². The van der Waals surface area contributed by atoms with Gasteiger partial charge in [-0.15, -0.1) is 0 Å². The summed E-state index contributed by atoms with van der Waals surface area (Å²) in [6.07, 6.45) is 15.6. The fourth-order valence-corrected chi connectivity index (χ4v) is 11.8. The van der Waals surface area contributed by atoms with Crippen LogP contribution in [0.4, 0.5) is 0 Å². The molecule has 3 fully saturated rings. The van der Waals surface area contributed by atoms with Gasteiger partial charge in [0.05, 0.1) is 28.0 Å². The first kappa shape index (κ1) is 30.9. The Bertz CT molecular complexity index is 1640. The quantitative estimate of drug-likeness (QED) is 0.187. The van der Waals surface area contributed by atoms with Crippen molar-refractivity contribution >= 4 is 16.7 Å². The number of carboxylic acid groups (broad SMARTS) is 1. The normalized spacial score (nSPS) is 38.4. The van der Waals surface area contributed by atoms with Crippen molar-refractivity contribution in [1.82, 2.24) is 9.36 Å². The van der Waals surface area contributed by atoms with Gasteiger partial charge >= 0.3 is 5.97 Å². The van der Waals surface area contributed by atoms with Gasteiger partial charge < -0.3 is 14.6 Å². The van der Waals surface area contributed by atoms with Crippen LogP contribution in [0.2, 0.25) is 0 Å². The van der Waals surface area contributed by atoms with Crippen LogP contribution in [-0.2, 0) is 25.3 Å². The molecular weight excluding hydrogens is 568 g/mol. The number of nitrogens with zero attached hydrogens (tertiary/aromatic N) is 2. The van der Waals surface area contributed by atoms with E-state index in [2.05, 4.69) is 32.9 Å². The van der Waals surface area contributed by atoms with E-state index in [-0.39, 0.29) is 53.1 Å². The summed E-state index contributed by atoms with van der Waals surface area (Å²) in [5, 5.41) is 10.1. The Morgan fingerprint density at radius 2 is 1.69 bits per heavy atom. The number of hydrogen-bond acceptors (Lipinski definition) is 5. The highest BCUT2D eigenvalue weighted by Gasteiger charge is 2.74. The third-order valence-corrected chi connectivity index (χ3v) is 13.8. The lowest BCUT2D eigenvalue weighted by Crippen LogP contribution is -2.78. The van der Waals surface area contributed by atoms with Crippen LogP contribution >= 0.6 is 0 Å². The van der Waals surface area contributed by atoms with Crippen molar-refractivity contribution < 1.29 is 19.4 Å². The lowest BCUT2D eigenvalue weighted by Gasteiger charge is -2.72. The van der Waals surface area contributed by atoms with E-state index in [0.717, 1.165) is 64.2 Å². The number of benzene rings is 1. The molecule has 0 amide bonds. The molecule has 4 aliphatic carbocycles. The van der Waals surface area contributed by atoms with E-state index in [4.69, 9.17) is 14.6 Å². The minimum Gasteiger partial charge on any atom is -0.481 e. The van der Waals surface area contributed by atoms with Crippen LogP contribution in [0, 0.1) is 34.5 Å². The zero-order chi connectivity index (χ0) is 31.8. The standard InChI is InChI=1S/C37H50N2O6/c1-24(10-6-5-7-13-31(40)41)28-14-15-29-34(28,2)18-17-30-35(3)19-16-25(45-23-44-4)22-36(35)20-21-37(29,30)39-33(43)27-12-9-8-11-26(27)32(42)38(36)39/h8-9,11-12,20-21,24-25,28-30H,5-7,10,13-19,22-23H2,1-4H3,(H,40,41)/t24-,25?,28-,29-,30-,34-,35-,36?,37-/m1/s1. The maximum absolute atomic E-state index is 14.8. The van der Waals surface area contributed by atoms with Gasteiger partial charge in [0.1, 0.15) is 6.79 Å². The van der Waals surface area contributed by atoms with Crippen LogP contribution in [0.1, 0.15) is 97.8 Å². The first-order chi connectivity index (χ1) is 21.5. The first-order valence-electron chi connectivity index (χ1n) is 17.4. The van der Waals surface area contributed by atoms with E-state index >= 15 is 0 Å². The van der Waals surface area contributed by atoms with Gasteiger partial charge in [0, 0.05) is 25.4 Å². The highest BCUT2D eigenvalue weighted by molar-refractivity contribution is 5.80. The molecule has 244 valence electrons. The number of carbonyl (C=O) groups is 1. The fourth-order valence-electron chi connectivity index (χ4n) is 11.8. The Hall–Kier alpha value is -2.71. The molecule has 1 N–H and O–H groups in total. The van der Waals surface area contributed by atoms with Crippen LogP contribution in [-0.4, -0.2) is 40.4 Å². The largest absolute Gasteiger partial charge is 0.481 e. The molecule has 3 saturated carbocycles. The van der Waals surface area contributed by atoms with E-state index in [1.54, 1.807) is 7.11 Å². The SMILES string of the molecule is COCOC1CC[C@]2(C)[C@H]3CC[C@]4(C)[C@@H]([C@H](C)CCCCCC(=O)O)CC[C@H]4[C@]34C=CC2(C1)n1c(=O)c2ccccc2c(=O)n14. The Morgan fingerprint density at radius 3 is 2.40 bits per heavy atom. The highest BCUT2D eigenvalue weighted by Crippen LogP contribution is 2.74. The van der Waals surface area contributed by atoms with Crippen LogP contribution in [0.3, 0.4) is 0 Å². The average molecular weight is 619 g/mol. The van der Waals surface area contributed by atoms with Crippen molar-refractivity contribution in [3.8, 4) is 0 Å². The average Bonchev–Trinajstić information content (AvgIpc) is 3.39. The molecule has 8 rings (SSSR count). The number of allylic oxidation sites excluding steroid dienone is 2. The van der Waals surface area contributed by atoms with Crippen molar-refractivity contribution in [2.45, 2.75) is 115 Å². The summed E-state index contributed by atoms with van der Waals surface area (Å²) in [5.41, 5.74) is -1.46. The van der Waals surface area contributed by atoms with E-state index in [1.165, 1.54) is 0 Å². The van der Waals surface area contributed by atoms with Gasteiger partial charge in [0.15, 0.2) is 0 Å². The second kappa shape index (κ2) is 10.9. The van der Waals surface area contributed by atoms with Gasteiger partial charge in [-0.2, -0.15) is 0 Å². The van der Waals surface area contributed by atoms with Crippen molar-refractivity contribution in [2.75, 3.05) is 13.9 Å². The Kier molecular flexibility index (Phi) is 7.51. The number of methoxy groups -OCH3 is 1. The summed E-state index contributed by atoms with van der Waals surface area (Å²) in [6, 6.07) is 7.39. The highest BCUT2D eigenvalue weighted by atomic mass is 16.7. The smallest absolute Gasteiger partial charge is 0.303 e. The van der Waals surface area contributed by atoms with Crippen molar-refractivity contribution in [3.05, 3.63) is 57.1 Å². The van der Waals surface area contributed by atoms with Gasteiger partial charge in [0.2, 0.25) is 0 Å². The van der Waals surface area contributed by atoms with Gasteiger partial charge in [-0.1, -0.05) is 64.3 Å². The molecule has 2 unspecified atom stereocenters. The topological polar surface area (TPSA) is 99.8 Å². The van der Waals surface area contributed by atoms with Gasteiger partial charge in [-0.05, 0) is 86.2 Å². The molecule has 0 saturated heterocycles. The molecule has 0 radical (unpaired) electrons. The maximum Gasteiger partial charge on any atom is 0.303 e. The van der Waals surface area contributed by atoms with Crippen LogP contribution in [0.5, 0.6) is 0 Å². The zero-order valence-electron chi connectivity index (χ0n) is 27.4. The second-order valence-corrected chi connectivity index (χ2v) is 15.6. The number of aliphatic carboxylic acids is 1. The molecule has 2 spiro atoms. The van der Waals surface area contributed by atoms with Crippen LogP contribution in [0.25, 0.3) is 10.8 Å². The Balaban J connectivity index is 1.35. The molecule has 2 bridgehead atoms. The third kappa shape index (κ3) is 4.13. The molecule has 1 aromatic heterocycles. The summed E-state index contributed by atoms with van der Waals surface area (Å²) in [5.74, 6) is 0.838. The van der Waals surface area contributed by atoms with E-state index < -0.39 is 17.0 Å². The number of fused-ring (bicyclic) bond motifs is 2. The Morgan fingerprint density at radius 1 is 0.956 bits per heavy atom. The molecule has 8 nitrogen and oxygen atoms in total. The maximum atomic E-state index is 14.8. The molecule has 8 heteroatoms. The molecule has 6 aliphatic rings. The van der Waals surface area contributed by atoms with E-state index in [1.807, 2.05) is 33.6 Å². The van der Waals surface area contributed by atoms with E-state index in [9.17, 15) is 14.4 Å². The number of unbranched alkanes of at least 4 members (excludes halogenated alkanes) is 2. The summed E-state index contributed by atoms with van der Waals surface area (Å²) in [4.78, 5) is 40.5. The van der Waals surface area contributed by atoms with Gasteiger partial charge in [0.25, 0.3) is 11.1 Å². The molecule has 45 heavy (non-hydrogen) atoms. The molecular formula is C37H50N2O6. The minimum atomic E-state index is -0.714. The monoisotopic (exact) mass is 618 g/mol. The van der Waals surface area contributed by atoms with Crippen molar-refractivity contribution in [3.63, 3.8) is 0 Å². The molecule has 9 atom stereocenters. The minimum absolute atomic E-state index is 0.0414. The lowest BCUT2D eigenvalue weighted by atomic mass is 9.40. The predicted molar refractivity (Wildman–Crippen MR) is 173 cm³/mol. The third-order valence-electron chi connectivity index (χ3n) is 13.8. The van der Waals surface area contributed by atoms with Crippen molar-refractivity contribution in [2.24, 2.45) is 34.5 Å².